The molecular formula is C18H19N3. The molecule has 1 fully saturated rings. The molecule has 0 radical (unpaired) electrons. The third-order valence-corrected chi connectivity index (χ3v) is 4.20. The van der Waals surface area contributed by atoms with Crippen molar-refractivity contribution in [2.24, 2.45) is 0 Å². The number of nitrogens with zero attached hydrogens (tertiary/aromatic N) is 3. The Kier molecular flexibility index (Phi) is 3.87. The van der Waals surface area contributed by atoms with Gasteiger partial charge in [-0.3, -0.25) is 0 Å². The first-order valence-corrected chi connectivity index (χ1v) is 7.45. The van der Waals surface area contributed by atoms with Crippen molar-refractivity contribution in [3.05, 3.63) is 59.3 Å². The van der Waals surface area contributed by atoms with Gasteiger partial charge < -0.3 is 4.90 Å². The summed E-state index contributed by atoms with van der Waals surface area (Å²) in [6.45, 7) is 3.90. The van der Waals surface area contributed by atoms with E-state index >= 15 is 0 Å². The van der Waals surface area contributed by atoms with Gasteiger partial charge in [0, 0.05) is 18.8 Å². The summed E-state index contributed by atoms with van der Waals surface area (Å²) >= 11 is 0. The molecule has 106 valence electrons. The number of anilines is 1. The highest BCUT2D eigenvalue weighted by Crippen LogP contribution is 2.30. The average Bonchev–Trinajstić information content (AvgIpc) is 2.56. The van der Waals surface area contributed by atoms with Crippen LogP contribution in [0.1, 0.15) is 35.6 Å². The lowest BCUT2D eigenvalue weighted by atomic mass is 9.89. The van der Waals surface area contributed by atoms with Crippen LogP contribution < -0.4 is 4.90 Å². The lowest BCUT2D eigenvalue weighted by molar-refractivity contribution is 0.502. The molecule has 1 aromatic carbocycles. The molecule has 3 rings (SSSR count). The van der Waals surface area contributed by atoms with E-state index in [2.05, 4.69) is 46.3 Å². The minimum atomic E-state index is 0.623. The second-order valence-corrected chi connectivity index (χ2v) is 5.61. The van der Waals surface area contributed by atoms with Crippen LogP contribution in [-0.2, 0) is 0 Å². The molecule has 2 aromatic rings. The smallest absolute Gasteiger partial charge is 0.146 e. The normalized spacial score (nSPS) is 15.7. The fraction of sp³-hybridized carbons (Fsp3) is 0.333. The van der Waals surface area contributed by atoms with Gasteiger partial charge >= 0.3 is 0 Å². The zero-order valence-electron chi connectivity index (χ0n) is 12.3. The van der Waals surface area contributed by atoms with E-state index < -0.39 is 0 Å². The lowest BCUT2D eigenvalue weighted by Gasteiger charge is -2.33. The van der Waals surface area contributed by atoms with Crippen LogP contribution in [-0.4, -0.2) is 18.1 Å². The number of aromatic nitrogens is 1. The summed E-state index contributed by atoms with van der Waals surface area (Å²) in [5, 5.41) is 9.25. The number of piperidine rings is 1. The molecule has 0 spiro atoms. The first-order valence-electron chi connectivity index (χ1n) is 7.45. The Morgan fingerprint density at radius 2 is 1.81 bits per heavy atom. The SMILES string of the molecule is Cc1ccc(C#N)c(N2CCC(c3ccccc3)CC2)n1. The third kappa shape index (κ3) is 2.90. The van der Waals surface area contributed by atoms with E-state index in [1.165, 1.54) is 5.56 Å². The minimum absolute atomic E-state index is 0.623. The van der Waals surface area contributed by atoms with Crippen molar-refractivity contribution in [1.29, 1.82) is 5.26 Å². The van der Waals surface area contributed by atoms with Crippen molar-refractivity contribution in [1.82, 2.24) is 4.98 Å². The maximum Gasteiger partial charge on any atom is 0.146 e. The van der Waals surface area contributed by atoms with Gasteiger partial charge in [0.1, 0.15) is 11.9 Å². The van der Waals surface area contributed by atoms with Crippen molar-refractivity contribution in [3.63, 3.8) is 0 Å². The molecule has 0 bridgehead atoms. The van der Waals surface area contributed by atoms with Gasteiger partial charge in [-0.25, -0.2) is 4.98 Å². The highest BCUT2D eigenvalue weighted by atomic mass is 15.2. The van der Waals surface area contributed by atoms with Crippen molar-refractivity contribution in [2.45, 2.75) is 25.7 Å². The summed E-state index contributed by atoms with van der Waals surface area (Å²) in [4.78, 5) is 6.82. The first kappa shape index (κ1) is 13.6. The summed E-state index contributed by atoms with van der Waals surface area (Å²) < 4.78 is 0. The molecule has 1 aliphatic rings. The van der Waals surface area contributed by atoms with Gasteiger partial charge in [-0.05, 0) is 43.4 Å². The van der Waals surface area contributed by atoms with Crippen LogP contribution >= 0.6 is 0 Å². The summed E-state index contributed by atoms with van der Waals surface area (Å²) in [5.74, 6) is 1.47. The van der Waals surface area contributed by atoms with Crippen LogP contribution in [0.4, 0.5) is 5.82 Å². The van der Waals surface area contributed by atoms with Crippen molar-refractivity contribution in [2.75, 3.05) is 18.0 Å². The largest absolute Gasteiger partial charge is 0.355 e. The van der Waals surface area contributed by atoms with E-state index in [0.29, 0.717) is 11.5 Å². The molecule has 0 aliphatic carbocycles. The minimum Gasteiger partial charge on any atom is -0.355 e. The molecule has 1 saturated heterocycles. The first-order chi connectivity index (χ1) is 10.3. The standard InChI is InChI=1S/C18H19N3/c1-14-7-8-17(13-19)18(20-14)21-11-9-16(10-12-21)15-5-3-2-4-6-15/h2-8,16H,9-12H2,1H3. The molecule has 1 aromatic heterocycles. The molecular weight excluding hydrogens is 258 g/mol. The van der Waals surface area contributed by atoms with Gasteiger partial charge in [0.25, 0.3) is 0 Å². The Hall–Kier alpha value is -2.34. The Morgan fingerprint density at radius 3 is 2.48 bits per heavy atom. The molecule has 0 amide bonds. The van der Waals surface area contributed by atoms with Crippen molar-refractivity contribution in [3.8, 4) is 6.07 Å². The van der Waals surface area contributed by atoms with E-state index in [-0.39, 0.29) is 0 Å². The predicted molar refractivity (Wildman–Crippen MR) is 84.3 cm³/mol. The number of pyridine rings is 1. The number of nitriles is 1. The Morgan fingerprint density at radius 1 is 1.10 bits per heavy atom. The second-order valence-electron chi connectivity index (χ2n) is 5.61. The molecule has 21 heavy (non-hydrogen) atoms. The molecule has 3 nitrogen and oxygen atoms in total. The summed E-state index contributed by atoms with van der Waals surface area (Å²) in [6.07, 6.45) is 2.23. The van der Waals surface area contributed by atoms with E-state index in [4.69, 9.17) is 0 Å². The van der Waals surface area contributed by atoms with Crippen molar-refractivity contribution >= 4 is 5.82 Å². The number of hydrogen-bond acceptors (Lipinski definition) is 3. The van der Waals surface area contributed by atoms with Crippen molar-refractivity contribution < 1.29 is 0 Å². The highest BCUT2D eigenvalue weighted by molar-refractivity contribution is 5.54. The zero-order chi connectivity index (χ0) is 14.7. The Labute approximate surface area is 125 Å². The van der Waals surface area contributed by atoms with Crippen LogP contribution in [0.5, 0.6) is 0 Å². The monoisotopic (exact) mass is 277 g/mol. The molecule has 0 saturated carbocycles. The van der Waals surface area contributed by atoms with Gasteiger partial charge in [0.2, 0.25) is 0 Å². The molecule has 1 aliphatic heterocycles. The maximum absolute atomic E-state index is 9.25. The van der Waals surface area contributed by atoms with Crippen LogP contribution in [0.2, 0.25) is 0 Å². The van der Waals surface area contributed by atoms with Crippen LogP contribution in [0.15, 0.2) is 42.5 Å². The quantitative estimate of drug-likeness (QED) is 0.841. The topological polar surface area (TPSA) is 39.9 Å². The second kappa shape index (κ2) is 5.97. The summed E-state index contributed by atoms with van der Waals surface area (Å²) in [7, 11) is 0. The van der Waals surface area contributed by atoms with E-state index in [9.17, 15) is 5.26 Å². The van der Waals surface area contributed by atoms with Gasteiger partial charge in [0.15, 0.2) is 0 Å². The van der Waals surface area contributed by atoms with Crippen LogP contribution in [0.25, 0.3) is 0 Å². The number of aryl methyl sites for hydroxylation is 1. The molecule has 0 N–H and O–H groups in total. The molecule has 0 unspecified atom stereocenters. The average molecular weight is 277 g/mol. The van der Waals surface area contributed by atoms with E-state index in [1.807, 2.05) is 19.1 Å². The van der Waals surface area contributed by atoms with Gasteiger partial charge in [-0.15, -0.1) is 0 Å². The Bertz CT molecular complexity index is 650. The van der Waals surface area contributed by atoms with Gasteiger partial charge in [-0.1, -0.05) is 30.3 Å². The lowest BCUT2D eigenvalue weighted by Crippen LogP contribution is -2.34. The van der Waals surface area contributed by atoms with Crippen LogP contribution in [0, 0.1) is 18.3 Å². The number of hydrogen-bond donors (Lipinski definition) is 0. The highest BCUT2D eigenvalue weighted by Gasteiger charge is 2.23. The van der Waals surface area contributed by atoms with Gasteiger partial charge in [0.05, 0.1) is 5.56 Å². The number of benzene rings is 1. The fourth-order valence-corrected chi connectivity index (χ4v) is 3.02. The fourth-order valence-electron chi connectivity index (χ4n) is 3.02. The summed E-state index contributed by atoms with van der Waals surface area (Å²) in [6, 6.07) is 16.7. The maximum atomic E-state index is 9.25. The van der Waals surface area contributed by atoms with E-state index in [0.717, 1.165) is 37.4 Å². The number of rotatable bonds is 2. The zero-order valence-corrected chi connectivity index (χ0v) is 12.3. The van der Waals surface area contributed by atoms with Gasteiger partial charge in [-0.2, -0.15) is 5.26 Å². The molecule has 0 atom stereocenters. The molecule has 3 heteroatoms. The molecule has 2 heterocycles. The Balaban J connectivity index is 1.75. The predicted octanol–water partition coefficient (Wildman–Crippen LogP) is 3.65. The van der Waals surface area contributed by atoms with E-state index in [1.54, 1.807) is 0 Å². The third-order valence-electron chi connectivity index (χ3n) is 4.20. The summed E-state index contributed by atoms with van der Waals surface area (Å²) in [5.41, 5.74) is 3.07. The van der Waals surface area contributed by atoms with Crippen LogP contribution in [0.3, 0.4) is 0 Å².